The number of carbonyl (C=O) groups excluding carboxylic acids is 1. The summed E-state index contributed by atoms with van der Waals surface area (Å²) in [5.41, 5.74) is 3.85. The molecule has 3 aromatic rings. The van der Waals surface area contributed by atoms with E-state index in [1.54, 1.807) is 6.33 Å². The summed E-state index contributed by atoms with van der Waals surface area (Å²) < 4.78 is 2.26. The van der Waals surface area contributed by atoms with Crippen LogP contribution in [-0.4, -0.2) is 38.5 Å². The van der Waals surface area contributed by atoms with Gasteiger partial charge < -0.3 is 14.8 Å². The lowest BCUT2D eigenvalue weighted by Crippen LogP contribution is -2.41. The minimum absolute atomic E-state index is 0.0643. The van der Waals surface area contributed by atoms with Crippen LogP contribution in [-0.2, 0) is 17.8 Å². The third-order valence-electron chi connectivity index (χ3n) is 6.28. The van der Waals surface area contributed by atoms with E-state index in [4.69, 9.17) is 4.98 Å². The van der Waals surface area contributed by atoms with Crippen LogP contribution in [0.15, 0.2) is 30.6 Å². The summed E-state index contributed by atoms with van der Waals surface area (Å²) in [6.07, 6.45) is 8.09. The number of amides is 1. The number of hydrogen-bond donors (Lipinski definition) is 1. The number of benzene rings is 1. The van der Waals surface area contributed by atoms with E-state index in [1.165, 1.54) is 24.8 Å². The van der Waals surface area contributed by atoms with Gasteiger partial charge in [-0.15, -0.1) is 0 Å². The Morgan fingerprint density at radius 2 is 1.93 bits per heavy atom. The summed E-state index contributed by atoms with van der Waals surface area (Å²) in [4.78, 5) is 29.2. The second-order valence-corrected chi connectivity index (χ2v) is 8.50. The fourth-order valence-corrected chi connectivity index (χ4v) is 4.62. The van der Waals surface area contributed by atoms with Crippen LogP contribution < -0.4 is 10.2 Å². The number of anilines is 2. The number of carbonyl (C=O) groups is 1. The molecule has 1 atom stereocenters. The fraction of sp³-hybridized carbons (Fsp3) is 0.478. The first kappa shape index (κ1) is 19.0. The minimum Gasteiger partial charge on any atom is -0.354 e. The van der Waals surface area contributed by atoms with Gasteiger partial charge in [0, 0.05) is 31.7 Å². The van der Waals surface area contributed by atoms with Crippen LogP contribution in [0.25, 0.3) is 11.2 Å². The molecule has 0 radical (unpaired) electrons. The van der Waals surface area contributed by atoms with E-state index in [0.717, 1.165) is 60.8 Å². The number of rotatable bonds is 3. The minimum atomic E-state index is -0.0643. The summed E-state index contributed by atoms with van der Waals surface area (Å²) in [6.45, 7) is 4.57. The third kappa shape index (κ3) is 3.64. The lowest BCUT2D eigenvalue weighted by atomic mass is 9.97. The largest absolute Gasteiger partial charge is 0.354 e. The second-order valence-electron chi connectivity index (χ2n) is 8.50. The van der Waals surface area contributed by atoms with E-state index in [2.05, 4.69) is 24.8 Å². The summed E-state index contributed by atoms with van der Waals surface area (Å²) in [5, 5.41) is 3.08. The average Bonchev–Trinajstić information content (AvgIpc) is 2.96. The van der Waals surface area contributed by atoms with E-state index in [9.17, 15) is 4.79 Å². The number of nitrogens with zero attached hydrogens (tertiary/aromatic N) is 5. The maximum Gasteiger partial charge on any atom is 0.229 e. The van der Waals surface area contributed by atoms with E-state index in [0.29, 0.717) is 6.54 Å². The Balaban J connectivity index is 1.37. The molecule has 30 heavy (non-hydrogen) atoms. The second kappa shape index (κ2) is 8.05. The summed E-state index contributed by atoms with van der Waals surface area (Å²) in [5.74, 6) is 2.00. The van der Waals surface area contributed by atoms with Crippen molar-refractivity contribution >= 4 is 28.6 Å². The van der Waals surface area contributed by atoms with Crippen molar-refractivity contribution < 1.29 is 4.79 Å². The molecule has 1 fully saturated rings. The van der Waals surface area contributed by atoms with Gasteiger partial charge in [-0.2, -0.15) is 0 Å². The van der Waals surface area contributed by atoms with Crippen molar-refractivity contribution in [2.75, 3.05) is 23.3 Å². The Labute approximate surface area is 176 Å². The number of fused-ring (bicyclic) bond motifs is 3. The molecule has 0 aliphatic carbocycles. The zero-order valence-corrected chi connectivity index (χ0v) is 17.5. The molecule has 2 aromatic heterocycles. The van der Waals surface area contributed by atoms with Crippen LogP contribution in [0.4, 0.5) is 11.5 Å². The number of nitrogens with one attached hydrogen (secondary N) is 1. The monoisotopic (exact) mass is 404 g/mol. The van der Waals surface area contributed by atoms with Crippen LogP contribution in [0.1, 0.15) is 43.5 Å². The molecule has 1 saturated heterocycles. The standard InChI is InChI=1S/C23H28N6O/c1-16-8-10-18(11-9-16)26-23(30)17-6-5-12-28(14-17)21-20-22(25-15-24-21)29-13-4-2-3-7-19(29)27-20/h8-11,15,17H,2-7,12-14H2,1H3,(H,26,30). The maximum absolute atomic E-state index is 12.9. The topological polar surface area (TPSA) is 75.9 Å². The quantitative estimate of drug-likeness (QED) is 0.720. The number of aryl methyl sites for hydroxylation is 3. The first-order chi connectivity index (χ1) is 14.7. The highest BCUT2D eigenvalue weighted by molar-refractivity contribution is 5.93. The molecular formula is C23H28N6O. The smallest absolute Gasteiger partial charge is 0.229 e. The predicted octanol–water partition coefficient (Wildman–Crippen LogP) is 3.72. The van der Waals surface area contributed by atoms with E-state index >= 15 is 0 Å². The molecule has 1 N–H and O–H groups in total. The normalized spacial score (nSPS) is 19.4. The van der Waals surface area contributed by atoms with Gasteiger partial charge in [-0.25, -0.2) is 15.0 Å². The molecule has 1 amide bonds. The van der Waals surface area contributed by atoms with Crippen molar-refractivity contribution in [3.8, 4) is 0 Å². The Bertz CT molecular complexity index is 1060. The molecule has 2 aliphatic rings. The molecule has 0 spiro atoms. The van der Waals surface area contributed by atoms with Crippen molar-refractivity contribution in [3.05, 3.63) is 42.0 Å². The van der Waals surface area contributed by atoms with Crippen molar-refractivity contribution in [1.29, 1.82) is 0 Å². The Morgan fingerprint density at radius 3 is 2.80 bits per heavy atom. The Morgan fingerprint density at radius 1 is 1.07 bits per heavy atom. The van der Waals surface area contributed by atoms with Gasteiger partial charge in [0.2, 0.25) is 5.91 Å². The van der Waals surface area contributed by atoms with Gasteiger partial charge in [-0.05, 0) is 44.7 Å². The average molecular weight is 405 g/mol. The molecular weight excluding hydrogens is 376 g/mol. The van der Waals surface area contributed by atoms with E-state index in [-0.39, 0.29) is 11.8 Å². The molecule has 5 rings (SSSR count). The Hall–Kier alpha value is -2.96. The van der Waals surface area contributed by atoms with Gasteiger partial charge in [0.1, 0.15) is 12.2 Å². The first-order valence-corrected chi connectivity index (χ1v) is 11.0. The zero-order valence-electron chi connectivity index (χ0n) is 17.5. The number of hydrogen-bond acceptors (Lipinski definition) is 5. The molecule has 7 nitrogen and oxygen atoms in total. The van der Waals surface area contributed by atoms with Crippen molar-refractivity contribution in [2.24, 2.45) is 5.92 Å². The molecule has 2 aliphatic heterocycles. The SMILES string of the molecule is Cc1ccc(NC(=O)C2CCCN(c3ncnc4c3nc3n4CCCCC3)C2)cc1. The Kier molecular flexibility index (Phi) is 5.11. The van der Waals surface area contributed by atoms with E-state index in [1.807, 2.05) is 31.2 Å². The van der Waals surface area contributed by atoms with Crippen LogP contribution in [0, 0.1) is 12.8 Å². The number of piperidine rings is 1. The van der Waals surface area contributed by atoms with Crippen LogP contribution in [0.3, 0.4) is 0 Å². The molecule has 1 aromatic carbocycles. The number of aromatic nitrogens is 4. The van der Waals surface area contributed by atoms with Crippen molar-refractivity contribution in [1.82, 2.24) is 19.5 Å². The lowest BCUT2D eigenvalue weighted by molar-refractivity contribution is -0.120. The van der Waals surface area contributed by atoms with Gasteiger partial charge >= 0.3 is 0 Å². The first-order valence-electron chi connectivity index (χ1n) is 11.0. The molecule has 0 saturated carbocycles. The summed E-state index contributed by atoms with van der Waals surface area (Å²) >= 11 is 0. The van der Waals surface area contributed by atoms with Gasteiger partial charge in [0.25, 0.3) is 0 Å². The van der Waals surface area contributed by atoms with Crippen LogP contribution in [0.2, 0.25) is 0 Å². The molecule has 156 valence electrons. The van der Waals surface area contributed by atoms with Crippen molar-refractivity contribution in [2.45, 2.75) is 52.0 Å². The van der Waals surface area contributed by atoms with Gasteiger partial charge in [-0.3, -0.25) is 4.79 Å². The molecule has 7 heteroatoms. The summed E-state index contributed by atoms with van der Waals surface area (Å²) in [6, 6.07) is 7.95. The molecule has 1 unspecified atom stereocenters. The zero-order chi connectivity index (χ0) is 20.5. The molecule has 0 bridgehead atoms. The number of imidazole rings is 1. The highest BCUT2D eigenvalue weighted by Crippen LogP contribution is 2.29. The van der Waals surface area contributed by atoms with Gasteiger partial charge in [0.05, 0.1) is 5.92 Å². The van der Waals surface area contributed by atoms with Gasteiger partial charge in [-0.1, -0.05) is 24.1 Å². The highest BCUT2D eigenvalue weighted by atomic mass is 16.1. The predicted molar refractivity (Wildman–Crippen MR) is 118 cm³/mol. The third-order valence-corrected chi connectivity index (χ3v) is 6.28. The maximum atomic E-state index is 12.9. The van der Waals surface area contributed by atoms with Crippen molar-refractivity contribution in [3.63, 3.8) is 0 Å². The fourth-order valence-electron chi connectivity index (χ4n) is 4.62. The van der Waals surface area contributed by atoms with E-state index < -0.39 is 0 Å². The summed E-state index contributed by atoms with van der Waals surface area (Å²) in [7, 11) is 0. The van der Waals surface area contributed by atoms with Crippen LogP contribution >= 0.6 is 0 Å². The van der Waals surface area contributed by atoms with Crippen LogP contribution in [0.5, 0.6) is 0 Å². The molecule has 4 heterocycles. The highest BCUT2D eigenvalue weighted by Gasteiger charge is 2.29. The lowest BCUT2D eigenvalue weighted by Gasteiger charge is -2.32. The van der Waals surface area contributed by atoms with Gasteiger partial charge in [0.15, 0.2) is 17.0 Å².